The van der Waals surface area contributed by atoms with Crippen molar-refractivity contribution in [2.24, 2.45) is 0 Å². The van der Waals surface area contributed by atoms with Crippen LogP contribution in [0.1, 0.15) is 22.8 Å². The molecular weight excluding hydrogens is 192 g/mol. The number of rotatable bonds is 3. The van der Waals surface area contributed by atoms with E-state index in [2.05, 4.69) is 10.1 Å². The summed E-state index contributed by atoms with van der Waals surface area (Å²) in [4.78, 5) is 4.04. The quantitative estimate of drug-likeness (QED) is 0.822. The van der Waals surface area contributed by atoms with E-state index in [1.54, 1.807) is 0 Å². The summed E-state index contributed by atoms with van der Waals surface area (Å²) in [5, 5.41) is 12.6. The number of hydrogen-bond donors (Lipinski definition) is 1. The molecule has 0 fully saturated rings. The molecule has 2 rings (SSSR count). The molecule has 0 saturated heterocycles. The first-order chi connectivity index (χ1) is 7.29. The monoisotopic (exact) mass is 204 g/mol. The second kappa shape index (κ2) is 4.23. The van der Waals surface area contributed by atoms with E-state index in [4.69, 9.17) is 9.63 Å². The van der Waals surface area contributed by atoms with E-state index in [9.17, 15) is 0 Å². The van der Waals surface area contributed by atoms with Crippen molar-refractivity contribution in [1.82, 2.24) is 10.1 Å². The molecule has 0 aliphatic heterocycles. The molecule has 1 aromatic carbocycles. The van der Waals surface area contributed by atoms with Gasteiger partial charge >= 0.3 is 0 Å². The summed E-state index contributed by atoms with van der Waals surface area (Å²) in [6.45, 7) is 1.84. The lowest BCUT2D eigenvalue weighted by Gasteiger charge is -2.00. The molecule has 0 amide bonds. The molecule has 78 valence electrons. The van der Waals surface area contributed by atoms with Crippen molar-refractivity contribution in [3.63, 3.8) is 0 Å². The summed E-state index contributed by atoms with van der Waals surface area (Å²) in [5.74, 6) is 0.868. The number of aliphatic hydroxyl groups is 1. The van der Waals surface area contributed by atoms with E-state index in [1.807, 2.05) is 31.2 Å². The van der Waals surface area contributed by atoms with Crippen LogP contribution < -0.4 is 0 Å². The Kier molecular flexibility index (Phi) is 2.78. The standard InChI is InChI=1S/C11H12N2O2/c1-8-4-2-3-5-9(8)6-10-12-11(7-14)15-13-10/h2-5,14H,6-7H2,1H3. The van der Waals surface area contributed by atoms with Crippen LogP contribution in [-0.2, 0) is 13.0 Å². The van der Waals surface area contributed by atoms with Gasteiger partial charge in [0.2, 0.25) is 0 Å². The second-order valence-corrected chi connectivity index (χ2v) is 3.37. The average Bonchev–Trinajstić information content (AvgIpc) is 2.69. The third kappa shape index (κ3) is 2.22. The largest absolute Gasteiger partial charge is 0.387 e. The summed E-state index contributed by atoms with van der Waals surface area (Å²) in [7, 11) is 0. The molecule has 0 spiro atoms. The average molecular weight is 204 g/mol. The van der Waals surface area contributed by atoms with Crippen LogP contribution in [-0.4, -0.2) is 15.2 Å². The van der Waals surface area contributed by atoms with Crippen LogP contribution >= 0.6 is 0 Å². The summed E-state index contributed by atoms with van der Waals surface area (Å²) in [6.07, 6.45) is 0.635. The Labute approximate surface area is 87.6 Å². The highest BCUT2D eigenvalue weighted by Crippen LogP contribution is 2.11. The molecular formula is C11H12N2O2. The first-order valence-electron chi connectivity index (χ1n) is 4.76. The predicted octanol–water partition coefficient (Wildman–Crippen LogP) is 1.46. The fraction of sp³-hybridized carbons (Fsp3) is 0.273. The maximum atomic E-state index is 8.78. The molecule has 1 aromatic heterocycles. The van der Waals surface area contributed by atoms with Gasteiger partial charge in [0, 0.05) is 6.42 Å². The Morgan fingerprint density at radius 1 is 1.33 bits per heavy atom. The second-order valence-electron chi connectivity index (χ2n) is 3.37. The number of aromatic nitrogens is 2. The highest BCUT2D eigenvalue weighted by atomic mass is 16.5. The number of aliphatic hydroxyl groups excluding tert-OH is 1. The lowest BCUT2D eigenvalue weighted by atomic mass is 10.1. The Hall–Kier alpha value is -1.68. The zero-order valence-electron chi connectivity index (χ0n) is 8.47. The molecule has 0 aliphatic carbocycles. The maximum absolute atomic E-state index is 8.78. The van der Waals surface area contributed by atoms with Crippen molar-refractivity contribution in [3.05, 3.63) is 47.1 Å². The molecule has 0 saturated carbocycles. The van der Waals surface area contributed by atoms with E-state index >= 15 is 0 Å². The molecule has 0 unspecified atom stereocenters. The SMILES string of the molecule is Cc1ccccc1Cc1noc(CO)n1. The number of aryl methyl sites for hydroxylation is 1. The van der Waals surface area contributed by atoms with Gasteiger partial charge < -0.3 is 9.63 Å². The molecule has 0 bridgehead atoms. The smallest absolute Gasteiger partial charge is 0.252 e. The Bertz CT molecular complexity index is 451. The van der Waals surface area contributed by atoms with Crippen LogP contribution in [0.5, 0.6) is 0 Å². The van der Waals surface area contributed by atoms with E-state index in [-0.39, 0.29) is 12.5 Å². The van der Waals surface area contributed by atoms with Gasteiger partial charge in [0.05, 0.1) is 0 Å². The summed E-state index contributed by atoms with van der Waals surface area (Å²) < 4.78 is 4.81. The highest BCUT2D eigenvalue weighted by molar-refractivity contribution is 5.27. The van der Waals surface area contributed by atoms with Crippen molar-refractivity contribution in [3.8, 4) is 0 Å². The van der Waals surface area contributed by atoms with Crippen molar-refractivity contribution in [2.75, 3.05) is 0 Å². The number of hydrogen-bond acceptors (Lipinski definition) is 4. The normalized spacial score (nSPS) is 10.5. The van der Waals surface area contributed by atoms with Crippen LogP contribution in [0.2, 0.25) is 0 Å². The summed E-state index contributed by atoms with van der Waals surface area (Å²) >= 11 is 0. The number of benzene rings is 1. The van der Waals surface area contributed by atoms with E-state index in [1.165, 1.54) is 11.1 Å². The van der Waals surface area contributed by atoms with Gasteiger partial charge in [0.25, 0.3) is 5.89 Å². The van der Waals surface area contributed by atoms with Gasteiger partial charge in [-0.2, -0.15) is 4.98 Å². The number of nitrogens with zero attached hydrogens (tertiary/aromatic N) is 2. The van der Waals surface area contributed by atoms with E-state index in [0.29, 0.717) is 12.2 Å². The lowest BCUT2D eigenvalue weighted by Crippen LogP contribution is -1.94. The first-order valence-corrected chi connectivity index (χ1v) is 4.76. The third-order valence-electron chi connectivity index (χ3n) is 2.26. The van der Waals surface area contributed by atoms with Gasteiger partial charge in [-0.1, -0.05) is 29.4 Å². The van der Waals surface area contributed by atoms with E-state index in [0.717, 1.165) is 0 Å². The molecule has 2 aromatic rings. The van der Waals surface area contributed by atoms with Gasteiger partial charge in [-0.25, -0.2) is 0 Å². The maximum Gasteiger partial charge on any atom is 0.252 e. The van der Waals surface area contributed by atoms with Crippen molar-refractivity contribution >= 4 is 0 Å². The van der Waals surface area contributed by atoms with Crippen molar-refractivity contribution < 1.29 is 9.63 Å². The highest BCUT2D eigenvalue weighted by Gasteiger charge is 2.06. The topological polar surface area (TPSA) is 59.2 Å². The minimum atomic E-state index is -0.208. The van der Waals surface area contributed by atoms with Gasteiger partial charge in [-0.15, -0.1) is 0 Å². The van der Waals surface area contributed by atoms with Crippen molar-refractivity contribution in [2.45, 2.75) is 20.0 Å². The van der Waals surface area contributed by atoms with Crippen LogP contribution in [0.25, 0.3) is 0 Å². The molecule has 0 radical (unpaired) electrons. The van der Waals surface area contributed by atoms with Gasteiger partial charge in [0.15, 0.2) is 5.82 Å². The Morgan fingerprint density at radius 3 is 2.80 bits per heavy atom. The molecule has 1 heterocycles. The zero-order chi connectivity index (χ0) is 10.7. The summed E-state index contributed by atoms with van der Waals surface area (Å²) in [6, 6.07) is 8.05. The molecule has 0 aliphatic rings. The third-order valence-corrected chi connectivity index (χ3v) is 2.26. The van der Waals surface area contributed by atoms with Gasteiger partial charge in [-0.3, -0.25) is 0 Å². The lowest BCUT2D eigenvalue weighted by molar-refractivity contribution is 0.222. The first kappa shape index (κ1) is 9.86. The zero-order valence-corrected chi connectivity index (χ0v) is 8.47. The predicted molar refractivity (Wildman–Crippen MR) is 54.2 cm³/mol. The van der Waals surface area contributed by atoms with Crippen LogP contribution in [0.4, 0.5) is 0 Å². The minimum absolute atomic E-state index is 0.208. The fourth-order valence-corrected chi connectivity index (χ4v) is 1.40. The fourth-order valence-electron chi connectivity index (χ4n) is 1.40. The Morgan fingerprint density at radius 2 is 2.13 bits per heavy atom. The molecule has 1 N–H and O–H groups in total. The van der Waals surface area contributed by atoms with Gasteiger partial charge in [-0.05, 0) is 18.1 Å². The summed E-state index contributed by atoms with van der Waals surface area (Å²) in [5.41, 5.74) is 2.37. The van der Waals surface area contributed by atoms with Crippen LogP contribution in [0.3, 0.4) is 0 Å². The molecule has 15 heavy (non-hydrogen) atoms. The van der Waals surface area contributed by atoms with Gasteiger partial charge in [0.1, 0.15) is 6.61 Å². The minimum Gasteiger partial charge on any atom is -0.387 e. The molecule has 0 atom stereocenters. The van der Waals surface area contributed by atoms with Crippen LogP contribution in [0.15, 0.2) is 28.8 Å². The van der Waals surface area contributed by atoms with Crippen LogP contribution in [0, 0.1) is 6.92 Å². The molecule has 4 nitrogen and oxygen atoms in total. The Balaban J connectivity index is 2.18. The van der Waals surface area contributed by atoms with Crippen molar-refractivity contribution in [1.29, 1.82) is 0 Å². The van der Waals surface area contributed by atoms with E-state index < -0.39 is 0 Å². The molecule has 4 heteroatoms.